The summed E-state index contributed by atoms with van der Waals surface area (Å²) in [5.41, 5.74) is 6.89. The van der Waals surface area contributed by atoms with E-state index in [0.717, 1.165) is 11.3 Å². The molecule has 0 spiro atoms. The molecule has 1 amide bonds. The zero-order valence-electron chi connectivity index (χ0n) is 9.13. The molecule has 1 aromatic carbocycles. The lowest BCUT2D eigenvalue weighted by Gasteiger charge is -2.08. The first-order valence-corrected chi connectivity index (χ1v) is 5.35. The number of anilines is 1. The van der Waals surface area contributed by atoms with E-state index in [1.54, 1.807) is 18.2 Å². The molecular weight excluding hydrogens is 228 g/mol. The van der Waals surface area contributed by atoms with Crippen molar-refractivity contribution in [1.82, 2.24) is 0 Å². The molecule has 0 aliphatic rings. The maximum absolute atomic E-state index is 11.4. The summed E-state index contributed by atoms with van der Waals surface area (Å²) in [6.45, 7) is 2.68. The maximum atomic E-state index is 11.4. The van der Waals surface area contributed by atoms with Crippen LogP contribution in [0, 0.1) is 6.92 Å². The number of rotatable bonds is 5. The van der Waals surface area contributed by atoms with Crippen molar-refractivity contribution in [3.05, 3.63) is 28.8 Å². The van der Waals surface area contributed by atoms with Gasteiger partial charge < -0.3 is 15.8 Å². The molecule has 0 heterocycles. The fraction of sp³-hybridized carbons (Fsp3) is 0.364. The summed E-state index contributed by atoms with van der Waals surface area (Å²) in [6, 6.07) is 5.28. The molecule has 0 unspecified atom stereocenters. The molecule has 0 fully saturated rings. The van der Waals surface area contributed by atoms with E-state index in [1.165, 1.54) is 0 Å². The van der Waals surface area contributed by atoms with Gasteiger partial charge >= 0.3 is 0 Å². The first-order valence-electron chi connectivity index (χ1n) is 4.97. The zero-order valence-corrected chi connectivity index (χ0v) is 9.88. The second-order valence-corrected chi connectivity index (χ2v) is 3.79. The van der Waals surface area contributed by atoms with Gasteiger partial charge in [0.1, 0.15) is 6.61 Å². The normalized spacial score (nSPS) is 10.2. The molecule has 0 bridgehead atoms. The van der Waals surface area contributed by atoms with E-state index in [9.17, 15) is 4.79 Å². The van der Waals surface area contributed by atoms with Crippen molar-refractivity contribution >= 4 is 23.2 Å². The monoisotopic (exact) mass is 242 g/mol. The van der Waals surface area contributed by atoms with Crippen LogP contribution in [0.4, 0.5) is 5.69 Å². The molecule has 1 aromatic rings. The van der Waals surface area contributed by atoms with Gasteiger partial charge in [0.05, 0.1) is 6.61 Å². The van der Waals surface area contributed by atoms with E-state index in [2.05, 4.69) is 5.32 Å². The summed E-state index contributed by atoms with van der Waals surface area (Å²) < 4.78 is 5.02. The highest BCUT2D eigenvalue weighted by molar-refractivity contribution is 6.30. The Morgan fingerprint density at radius 2 is 2.31 bits per heavy atom. The van der Waals surface area contributed by atoms with Crippen LogP contribution in [-0.2, 0) is 9.53 Å². The van der Waals surface area contributed by atoms with Crippen LogP contribution in [0.25, 0.3) is 0 Å². The highest BCUT2D eigenvalue weighted by Gasteiger charge is 2.04. The largest absolute Gasteiger partial charge is 0.370 e. The molecule has 0 saturated heterocycles. The van der Waals surface area contributed by atoms with Crippen LogP contribution in [0.3, 0.4) is 0 Å². The second-order valence-electron chi connectivity index (χ2n) is 3.35. The van der Waals surface area contributed by atoms with Gasteiger partial charge in [-0.05, 0) is 30.7 Å². The Hall–Kier alpha value is -1.10. The van der Waals surface area contributed by atoms with E-state index in [0.29, 0.717) is 18.2 Å². The number of hydrogen-bond acceptors (Lipinski definition) is 3. The average molecular weight is 243 g/mol. The molecular formula is C11H15ClN2O2. The Morgan fingerprint density at radius 1 is 1.56 bits per heavy atom. The Morgan fingerprint density at radius 3 is 2.94 bits per heavy atom. The Labute approximate surface area is 99.7 Å². The number of aryl methyl sites for hydroxylation is 1. The summed E-state index contributed by atoms with van der Waals surface area (Å²) in [7, 11) is 0. The molecule has 88 valence electrons. The summed E-state index contributed by atoms with van der Waals surface area (Å²) >= 11 is 5.80. The van der Waals surface area contributed by atoms with Crippen LogP contribution in [0.5, 0.6) is 0 Å². The van der Waals surface area contributed by atoms with Crippen LogP contribution in [0.15, 0.2) is 18.2 Å². The number of ether oxygens (including phenoxy) is 1. The molecule has 1 rings (SSSR count). The number of carbonyl (C=O) groups excluding carboxylic acids is 1. The molecule has 3 N–H and O–H groups in total. The molecule has 16 heavy (non-hydrogen) atoms. The van der Waals surface area contributed by atoms with Crippen molar-refractivity contribution in [3.63, 3.8) is 0 Å². The number of amides is 1. The summed E-state index contributed by atoms with van der Waals surface area (Å²) in [5.74, 6) is -0.195. The van der Waals surface area contributed by atoms with E-state index in [-0.39, 0.29) is 12.5 Å². The fourth-order valence-electron chi connectivity index (χ4n) is 1.20. The topological polar surface area (TPSA) is 64.3 Å². The first kappa shape index (κ1) is 13.0. The number of carbonyl (C=O) groups is 1. The van der Waals surface area contributed by atoms with Crippen LogP contribution in [0.1, 0.15) is 5.56 Å². The van der Waals surface area contributed by atoms with Gasteiger partial charge in [-0.2, -0.15) is 0 Å². The quantitative estimate of drug-likeness (QED) is 0.771. The third-order valence-corrected chi connectivity index (χ3v) is 2.19. The number of halogens is 1. The lowest BCUT2D eigenvalue weighted by molar-refractivity contribution is -0.120. The third-order valence-electron chi connectivity index (χ3n) is 1.96. The average Bonchev–Trinajstić information content (AvgIpc) is 2.23. The molecule has 4 nitrogen and oxygen atoms in total. The lowest BCUT2D eigenvalue weighted by atomic mass is 10.2. The van der Waals surface area contributed by atoms with Crippen molar-refractivity contribution < 1.29 is 9.53 Å². The lowest BCUT2D eigenvalue weighted by Crippen LogP contribution is -2.21. The second kappa shape index (κ2) is 6.48. The van der Waals surface area contributed by atoms with Crippen LogP contribution in [0.2, 0.25) is 5.02 Å². The summed E-state index contributed by atoms with van der Waals surface area (Å²) in [4.78, 5) is 11.4. The van der Waals surface area contributed by atoms with Crippen molar-refractivity contribution in [1.29, 1.82) is 0 Å². The minimum atomic E-state index is -0.195. The van der Waals surface area contributed by atoms with Gasteiger partial charge in [-0.15, -0.1) is 0 Å². The molecule has 0 aliphatic heterocycles. The smallest absolute Gasteiger partial charge is 0.250 e. The van der Waals surface area contributed by atoms with Crippen LogP contribution in [-0.4, -0.2) is 25.7 Å². The zero-order chi connectivity index (χ0) is 12.0. The predicted molar refractivity (Wildman–Crippen MR) is 64.7 cm³/mol. The predicted octanol–water partition coefficient (Wildman–Crippen LogP) is 1.56. The fourth-order valence-corrected chi connectivity index (χ4v) is 1.43. The van der Waals surface area contributed by atoms with Crippen molar-refractivity contribution in [3.8, 4) is 0 Å². The van der Waals surface area contributed by atoms with E-state index >= 15 is 0 Å². The van der Waals surface area contributed by atoms with Gasteiger partial charge in [0, 0.05) is 17.3 Å². The van der Waals surface area contributed by atoms with Gasteiger partial charge in [0.2, 0.25) is 5.91 Å². The Bertz CT molecular complexity index is 369. The third kappa shape index (κ3) is 4.18. The van der Waals surface area contributed by atoms with E-state index in [1.807, 2.05) is 6.92 Å². The molecule has 0 radical (unpaired) electrons. The number of nitrogens with one attached hydrogen (secondary N) is 1. The number of hydrogen-bond donors (Lipinski definition) is 2. The van der Waals surface area contributed by atoms with Gasteiger partial charge in [0.15, 0.2) is 0 Å². The molecule has 5 heteroatoms. The van der Waals surface area contributed by atoms with Gasteiger partial charge in [-0.25, -0.2) is 0 Å². The summed E-state index contributed by atoms with van der Waals surface area (Å²) in [6.07, 6.45) is 0. The Balaban J connectivity index is 2.49. The maximum Gasteiger partial charge on any atom is 0.250 e. The first-order chi connectivity index (χ1) is 7.63. The highest BCUT2D eigenvalue weighted by Crippen LogP contribution is 2.19. The van der Waals surface area contributed by atoms with Crippen LogP contribution < -0.4 is 11.1 Å². The van der Waals surface area contributed by atoms with Gasteiger partial charge in [-0.3, -0.25) is 4.79 Å². The highest BCUT2D eigenvalue weighted by atomic mass is 35.5. The molecule has 0 saturated carbocycles. The standard InChI is InChI=1S/C11H15ClN2O2/c1-8-6-9(12)2-3-10(8)14-11(15)7-16-5-4-13/h2-3,6H,4-5,7,13H2,1H3,(H,14,15). The van der Waals surface area contributed by atoms with E-state index in [4.69, 9.17) is 22.1 Å². The van der Waals surface area contributed by atoms with Gasteiger partial charge in [-0.1, -0.05) is 11.6 Å². The van der Waals surface area contributed by atoms with Gasteiger partial charge in [0.25, 0.3) is 0 Å². The number of nitrogens with two attached hydrogens (primary N) is 1. The van der Waals surface area contributed by atoms with Crippen molar-refractivity contribution in [2.24, 2.45) is 5.73 Å². The minimum absolute atomic E-state index is 0.0132. The molecule has 0 atom stereocenters. The molecule has 0 aromatic heterocycles. The molecule has 0 aliphatic carbocycles. The number of benzene rings is 1. The minimum Gasteiger partial charge on any atom is -0.370 e. The Kier molecular flexibility index (Phi) is 5.25. The van der Waals surface area contributed by atoms with Crippen molar-refractivity contribution in [2.45, 2.75) is 6.92 Å². The van der Waals surface area contributed by atoms with Crippen molar-refractivity contribution in [2.75, 3.05) is 25.1 Å². The van der Waals surface area contributed by atoms with Crippen LogP contribution >= 0.6 is 11.6 Å². The van der Waals surface area contributed by atoms with E-state index < -0.39 is 0 Å². The SMILES string of the molecule is Cc1cc(Cl)ccc1NC(=O)COCCN. The summed E-state index contributed by atoms with van der Waals surface area (Å²) in [5, 5.41) is 3.38.